The van der Waals surface area contributed by atoms with Crippen LogP contribution in [-0.2, 0) is 9.53 Å². The van der Waals surface area contributed by atoms with Crippen LogP contribution < -0.4 is 5.32 Å². The van der Waals surface area contributed by atoms with Crippen LogP contribution in [0.4, 0.5) is 0 Å². The van der Waals surface area contributed by atoms with Crippen molar-refractivity contribution in [1.82, 2.24) is 5.32 Å². The Bertz CT molecular complexity index is 325. The molecule has 0 aliphatic heterocycles. The van der Waals surface area contributed by atoms with Crippen molar-refractivity contribution in [3.05, 3.63) is 0 Å². The van der Waals surface area contributed by atoms with E-state index in [-0.39, 0.29) is 5.97 Å². The average molecular weight is 295 g/mol. The average Bonchev–Trinajstić information content (AvgIpc) is 2.71. The Balaban J connectivity index is 2.03. The predicted octanol–water partition coefficient (Wildman–Crippen LogP) is 4.20. The highest BCUT2D eigenvalue weighted by molar-refractivity contribution is 5.80. The lowest BCUT2D eigenvalue weighted by atomic mass is 9.85. The van der Waals surface area contributed by atoms with Gasteiger partial charge in [0.1, 0.15) is 5.54 Å². The van der Waals surface area contributed by atoms with Crippen molar-refractivity contribution in [2.24, 2.45) is 5.92 Å². The number of nitrogens with one attached hydrogen (secondary N) is 1. The number of rotatable bonds is 5. The smallest absolute Gasteiger partial charge is 0.326 e. The fraction of sp³-hybridized carbons (Fsp3) is 0.944. The molecule has 2 rings (SSSR count). The van der Waals surface area contributed by atoms with E-state index < -0.39 is 5.54 Å². The van der Waals surface area contributed by atoms with Gasteiger partial charge in [0.25, 0.3) is 0 Å². The van der Waals surface area contributed by atoms with Crippen LogP contribution in [0, 0.1) is 5.92 Å². The molecule has 0 heterocycles. The fourth-order valence-electron chi connectivity index (χ4n) is 4.35. The Labute approximate surface area is 130 Å². The Morgan fingerprint density at radius 3 is 2.52 bits per heavy atom. The van der Waals surface area contributed by atoms with Crippen molar-refractivity contribution in [2.45, 2.75) is 95.6 Å². The largest absolute Gasteiger partial charge is 0.468 e. The van der Waals surface area contributed by atoms with Crippen molar-refractivity contribution in [3.63, 3.8) is 0 Å². The number of esters is 1. The molecule has 0 bridgehead atoms. The van der Waals surface area contributed by atoms with Crippen LogP contribution >= 0.6 is 0 Å². The third-order valence-corrected chi connectivity index (χ3v) is 5.55. The Hall–Kier alpha value is -0.570. The monoisotopic (exact) mass is 295 g/mol. The highest BCUT2D eigenvalue weighted by Gasteiger charge is 2.42. The third-order valence-electron chi connectivity index (χ3n) is 5.55. The van der Waals surface area contributed by atoms with E-state index in [1.165, 1.54) is 57.8 Å². The number of methoxy groups -OCH3 is 1. The first-order valence-corrected chi connectivity index (χ1v) is 9.06. The number of carbonyl (C=O) groups is 1. The van der Waals surface area contributed by atoms with Gasteiger partial charge >= 0.3 is 5.97 Å². The summed E-state index contributed by atoms with van der Waals surface area (Å²) >= 11 is 0. The summed E-state index contributed by atoms with van der Waals surface area (Å²) < 4.78 is 5.18. The van der Waals surface area contributed by atoms with Crippen molar-refractivity contribution in [3.8, 4) is 0 Å². The zero-order chi connectivity index (χ0) is 15.1. The van der Waals surface area contributed by atoms with Gasteiger partial charge in [0.05, 0.1) is 7.11 Å². The van der Waals surface area contributed by atoms with Crippen molar-refractivity contribution in [1.29, 1.82) is 0 Å². The maximum absolute atomic E-state index is 12.5. The summed E-state index contributed by atoms with van der Waals surface area (Å²) in [5, 5.41) is 3.75. The minimum absolute atomic E-state index is 0.0229. The third kappa shape index (κ3) is 4.45. The topological polar surface area (TPSA) is 38.3 Å². The van der Waals surface area contributed by atoms with E-state index in [4.69, 9.17) is 4.74 Å². The fourth-order valence-corrected chi connectivity index (χ4v) is 4.35. The van der Waals surface area contributed by atoms with Gasteiger partial charge in [-0.15, -0.1) is 0 Å². The molecule has 0 aromatic rings. The molecule has 2 aliphatic carbocycles. The Morgan fingerprint density at radius 2 is 1.86 bits per heavy atom. The first-order valence-electron chi connectivity index (χ1n) is 9.06. The maximum Gasteiger partial charge on any atom is 0.326 e. The SMILES string of the molecule is CCCC1CCCC(NC2CCCCC2)(C(=O)OC)CC1. The Morgan fingerprint density at radius 1 is 1.10 bits per heavy atom. The molecule has 2 unspecified atom stereocenters. The second kappa shape index (κ2) is 8.17. The molecule has 2 fully saturated rings. The number of hydrogen-bond acceptors (Lipinski definition) is 3. The van der Waals surface area contributed by atoms with Gasteiger partial charge in [0, 0.05) is 6.04 Å². The minimum Gasteiger partial charge on any atom is -0.468 e. The molecule has 1 N–H and O–H groups in total. The Kier molecular flexibility index (Phi) is 6.53. The summed E-state index contributed by atoms with van der Waals surface area (Å²) in [4.78, 5) is 12.5. The zero-order valence-corrected chi connectivity index (χ0v) is 14.0. The van der Waals surface area contributed by atoms with Gasteiger partial charge in [-0.1, -0.05) is 51.9 Å². The zero-order valence-electron chi connectivity index (χ0n) is 14.0. The first-order chi connectivity index (χ1) is 10.2. The van der Waals surface area contributed by atoms with Gasteiger partial charge < -0.3 is 4.74 Å². The predicted molar refractivity (Wildman–Crippen MR) is 86.2 cm³/mol. The molecule has 0 radical (unpaired) electrons. The molecular formula is C18H33NO2. The number of ether oxygens (including phenoxy) is 1. The minimum atomic E-state index is -0.404. The van der Waals surface area contributed by atoms with E-state index in [0.29, 0.717) is 6.04 Å². The van der Waals surface area contributed by atoms with Gasteiger partial charge in [-0.3, -0.25) is 10.1 Å². The van der Waals surface area contributed by atoms with Crippen LogP contribution in [0.15, 0.2) is 0 Å². The lowest BCUT2D eigenvalue weighted by Crippen LogP contribution is -2.56. The van der Waals surface area contributed by atoms with E-state index in [1.54, 1.807) is 7.11 Å². The molecule has 21 heavy (non-hydrogen) atoms. The molecule has 0 aromatic carbocycles. The van der Waals surface area contributed by atoms with Crippen LogP contribution in [0.5, 0.6) is 0 Å². The lowest BCUT2D eigenvalue weighted by molar-refractivity contribution is -0.150. The molecule has 2 atom stereocenters. The molecule has 3 heteroatoms. The van der Waals surface area contributed by atoms with Crippen molar-refractivity contribution >= 4 is 5.97 Å². The molecule has 2 aliphatic rings. The number of carbonyl (C=O) groups excluding carboxylic acids is 1. The van der Waals surface area contributed by atoms with Gasteiger partial charge in [0.2, 0.25) is 0 Å². The summed E-state index contributed by atoms with van der Waals surface area (Å²) in [5.74, 6) is 0.778. The standard InChI is InChI=1S/C18H33NO2/c1-3-8-15-9-7-13-18(14-12-15,17(20)21-2)19-16-10-5-4-6-11-16/h15-16,19H,3-14H2,1-2H3. The summed E-state index contributed by atoms with van der Waals surface area (Å²) in [6, 6.07) is 0.514. The lowest BCUT2D eigenvalue weighted by Gasteiger charge is -2.36. The summed E-state index contributed by atoms with van der Waals surface area (Å²) in [6.07, 6.45) is 14.5. The van der Waals surface area contributed by atoms with E-state index in [9.17, 15) is 4.79 Å². The van der Waals surface area contributed by atoms with Gasteiger partial charge in [0.15, 0.2) is 0 Å². The van der Waals surface area contributed by atoms with Gasteiger partial charge in [-0.2, -0.15) is 0 Å². The molecular weight excluding hydrogens is 262 g/mol. The van der Waals surface area contributed by atoms with E-state index in [0.717, 1.165) is 25.2 Å². The molecule has 122 valence electrons. The molecule has 2 saturated carbocycles. The van der Waals surface area contributed by atoms with Gasteiger partial charge in [-0.25, -0.2) is 0 Å². The van der Waals surface area contributed by atoms with Crippen molar-refractivity contribution < 1.29 is 9.53 Å². The summed E-state index contributed by atoms with van der Waals surface area (Å²) in [6.45, 7) is 2.26. The van der Waals surface area contributed by atoms with Gasteiger partial charge in [-0.05, 0) is 38.0 Å². The number of hydrogen-bond donors (Lipinski definition) is 1. The van der Waals surface area contributed by atoms with Crippen LogP contribution in [0.3, 0.4) is 0 Å². The van der Waals surface area contributed by atoms with E-state index in [2.05, 4.69) is 12.2 Å². The van der Waals surface area contributed by atoms with Crippen molar-refractivity contribution in [2.75, 3.05) is 7.11 Å². The quantitative estimate of drug-likeness (QED) is 0.610. The highest BCUT2D eigenvalue weighted by Crippen LogP contribution is 2.35. The molecule has 0 spiro atoms. The summed E-state index contributed by atoms with van der Waals surface area (Å²) in [5.41, 5.74) is -0.404. The summed E-state index contributed by atoms with van der Waals surface area (Å²) in [7, 11) is 1.54. The second-order valence-electron chi connectivity index (χ2n) is 7.14. The highest BCUT2D eigenvalue weighted by atomic mass is 16.5. The maximum atomic E-state index is 12.5. The van der Waals surface area contributed by atoms with Crippen LogP contribution in [0.25, 0.3) is 0 Å². The second-order valence-corrected chi connectivity index (χ2v) is 7.14. The van der Waals surface area contributed by atoms with Crippen LogP contribution in [0.2, 0.25) is 0 Å². The van der Waals surface area contributed by atoms with E-state index in [1.807, 2.05) is 0 Å². The molecule has 0 saturated heterocycles. The normalized spacial score (nSPS) is 31.6. The molecule has 0 aromatic heterocycles. The molecule has 3 nitrogen and oxygen atoms in total. The first kappa shape index (κ1) is 16.8. The van der Waals surface area contributed by atoms with E-state index >= 15 is 0 Å². The van der Waals surface area contributed by atoms with Crippen LogP contribution in [-0.4, -0.2) is 24.7 Å². The van der Waals surface area contributed by atoms with Crippen LogP contribution in [0.1, 0.15) is 84.0 Å². The molecule has 0 amide bonds.